The first-order chi connectivity index (χ1) is 9.34. The summed E-state index contributed by atoms with van der Waals surface area (Å²) in [6.45, 7) is 0. The van der Waals surface area contributed by atoms with Crippen molar-refractivity contribution in [1.82, 2.24) is 10.5 Å². The van der Waals surface area contributed by atoms with E-state index >= 15 is 0 Å². The molecule has 0 bridgehead atoms. The van der Waals surface area contributed by atoms with E-state index in [9.17, 15) is 4.79 Å². The Morgan fingerprint density at radius 3 is 2.89 bits per heavy atom. The molecule has 0 saturated heterocycles. The van der Waals surface area contributed by atoms with E-state index in [1.54, 1.807) is 28.7 Å². The van der Waals surface area contributed by atoms with Crippen LogP contribution in [0.4, 0.5) is 0 Å². The molecule has 0 aliphatic carbocycles. The van der Waals surface area contributed by atoms with E-state index in [1.807, 2.05) is 34.3 Å². The Labute approximate surface area is 117 Å². The van der Waals surface area contributed by atoms with Gasteiger partial charge in [0.15, 0.2) is 0 Å². The first-order valence-corrected chi connectivity index (χ1v) is 7.44. The highest BCUT2D eigenvalue weighted by Crippen LogP contribution is 2.27. The SMILES string of the molecule is O=C(NC(c1ccsc1)c1cccs1)c1ccno1. The van der Waals surface area contributed by atoms with E-state index in [2.05, 4.69) is 10.5 Å². The van der Waals surface area contributed by atoms with Gasteiger partial charge in [0.25, 0.3) is 5.91 Å². The third kappa shape index (κ3) is 2.59. The van der Waals surface area contributed by atoms with Crippen LogP contribution in [0.15, 0.2) is 51.1 Å². The molecule has 0 aliphatic rings. The average Bonchev–Trinajstić information content (AvgIpc) is 3.17. The van der Waals surface area contributed by atoms with Crippen molar-refractivity contribution in [3.05, 3.63) is 62.8 Å². The molecule has 3 heterocycles. The zero-order valence-corrected chi connectivity index (χ0v) is 11.4. The zero-order chi connectivity index (χ0) is 13.1. The molecule has 3 aromatic rings. The Balaban J connectivity index is 1.87. The van der Waals surface area contributed by atoms with Crippen molar-refractivity contribution in [2.24, 2.45) is 0 Å². The third-order valence-electron chi connectivity index (χ3n) is 2.64. The summed E-state index contributed by atoms with van der Waals surface area (Å²) in [5, 5.41) is 12.5. The molecule has 0 fully saturated rings. The van der Waals surface area contributed by atoms with Gasteiger partial charge < -0.3 is 9.84 Å². The predicted molar refractivity (Wildman–Crippen MR) is 74.5 cm³/mol. The highest BCUT2D eigenvalue weighted by molar-refractivity contribution is 7.10. The molecule has 3 rings (SSSR count). The second-order valence-corrected chi connectivity index (χ2v) is 5.61. The van der Waals surface area contributed by atoms with Crippen molar-refractivity contribution in [3.8, 4) is 0 Å². The lowest BCUT2D eigenvalue weighted by molar-refractivity contribution is 0.0906. The van der Waals surface area contributed by atoms with E-state index < -0.39 is 0 Å². The van der Waals surface area contributed by atoms with E-state index in [0.29, 0.717) is 0 Å². The van der Waals surface area contributed by atoms with Crippen LogP contribution < -0.4 is 5.32 Å². The van der Waals surface area contributed by atoms with Crippen molar-refractivity contribution >= 4 is 28.6 Å². The fraction of sp³-hybridized carbons (Fsp3) is 0.0769. The monoisotopic (exact) mass is 290 g/mol. The summed E-state index contributed by atoms with van der Waals surface area (Å²) in [4.78, 5) is 13.2. The van der Waals surface area contributed by atoms with Crippen LogP contribution in [-0.2, 0) is 0 Å². The molecule has 0 spiro atoms. The number of aromatic nitrogens is 1. The van der Waals surface area contributed by atoms with Crippen LogP contribution in [0.5, 0.6) is 0 Å². The van der Waals surface area contributed by atoms with Gasteiger partial charge in [0.2, 0.25) is 5.76 Å². The maximum absolute atomic E-state index is 12.1. The van der Waals surface area contributed by atoms with Crippen LogP contribution in [0.2, 0.25) is 0 Å². The van der Waals surface area contributed by atoms with Gasteiger partial charge in [0, 0.05) is 10.9 Å². The normalized spacial score (nSPS) is 12.2. The number of hydrogen-bond acceptors (Lipinski definition) is 5. The summed E-state index contributed by atoms with van der Waals surface area (Å²) in [7, 11) is 0. The summed E-state index contributed by atoms with van der Waals surface area (Å²) in [5.74, 6) is -0.0427. The number of carbonyl (C=O) groups is 1. The maximum atomic E-state index is 12.1. The van der Waals surface area contributed by atoms with Crippen molar-refractivity contribution in [2.45, 2.75) is 6.04 Å². The Morgan fingerprint density at radius 1 is 1.32 bits per heavy atom. The number of hydrogen-bond donors (Lipinski definition) is 1. The summed E-state index contributed by atoms with van der Waals surface area (Å²) >= 11 is 3.22. The smallest absolute Gasteiger partial charge is 0.290 e. The van der Waals surface area contributed by atoms with Gasteiger partial charge in [0.1, 0.15) is 0 Å². The fourth-order valence-corrected chi connectivity index (χ4v) is 3.24. The van der Waals surface area contributed by atoms with Crippen LogP contribution in [0.3, 0.4) is 0 Å². The number of nitrogens with zero attached hydrogens (tertiary/aromatic N) is 1. The molecule has 1 N–H and O–H groups in total. The first kappa shape index (κ1) is 12.1. The molecule has 1 atom stereocenters. The minimum atomic E-state index is -0.262. The first-order valence-electron chi connectivity index (χ1n) is 5.61. The van der Waals surface area contributed by atoms with Crippen LogP contribution in [0.25, 0.3) is 0 Å². The van der Waals surface area contributed by atoms with Gasteiger partial charge in [0.05, 0.1) is 12.2 Å². The van der Waals surface area contributed by atoms with Gasteiger partial charge in [-0.25, -0.2) is 0 Å². The van der Waals surface area contributed by atoms with Gasteiger partial charge in [-0.3, -0.25) is 4.79 Å². The molecular formula is C13H10N2O2S2. The molecule has 0 radical (unpaired) electrons. The third-order valence-corrected chi connectivity index (χ3v) is 4.28. The number of thiophene rings is 2. The number of nitrogens with one attached hydrogen (secondary N) is 1. The average molecular weight is 290 g/mol. The standard InChI is InChI=1S/C13H10N2O2S2/c16-13(10-3-5-14-17-10)15-12(9-4-7-18-8-9)11-2-1-6-19-11/h1-8,12H,(H,15,16). The van der Waals surface area contributed by atoms with E-state index in [1.165, 1.54) is 6.20 Å². The van der Waals surface area contributed by atoms with Gasteiger partial charge in [-0.15, -0.1) is 11.3 Å². The van der Waals surface area contributed by atoms with E-state index in [0.717, 1.165) is 10.4 Å². The van der Waals surface area contributed by atoms with Gasteiger partial charge in [-0.1, -0.05) is 11.2 Å². The lowest BCUT2D eigenvalue weighted by Gasteiger charge is -2.15. The minimum absolute atomic E-state index is 0.149. The molecular weight excluding hydrogens is 280 g/mol. The zero-order valence-electron chi connectivity index (χ0n) is 9.78. The van der Waals surface area contributed by atoms with Crippen molar-refractivity contribution in [3.63, 3.8) is 0 Å². The largest absolute Gasteiger partial charge is 0.351 e. The molecule has 4 nitrogen and oxygen atoms in total. The second-order valence-electron chi connectivity index (χ2n) is 3.86. The van der Waals surface area contributed by atoms with Gasteiger partial charge in [-0.05, 0) is 33.8 Å². The van der Waals surface area contributed by atoms with Crippen LogP contribution in [0, 0.1) is 0 Å². The molecule has 3 aromatic heterocycles. The Hall–Kier alpha value is -1.92. The van der Waals surface area contributed by atoms with E-state index in [4.69, 9.17) is 4.52 Å². The fourth-order valence-electron chi connectivity index (χ4n) is 1.75. The summed E-state index contributed by atoms with van der Waals surface area (Å²) in [6.07, 6.45) is 1.46. The highest BCUT2D eigenvalue weighted by atomic mass is 32.1. The summed E-state index contributed by atoms with van der Waals surface area (Å²) in [5.41, 5.74) is 1.07. The van der Waals surface area contributed by atoms with Gasteiger partial charge in [-0.2, -0.15) is 11.3 Å². The van der Waals surface area contributed by atoms with Crippen molar-refractivity contribution in [1.29, 1.82) is 0 Å². The molecule has 0 aromatic carbocycles. The molecule has 0 aliphatic heterocycles. The molecule has 1 amide bonds. The maximum Gasteiger partial charge on any atom is 0.290 e. The minimum Gasteiger partial charge on any atom is -0.351 e. The topological polar surface area (TPSA) is 55.1 Å². The predicted octanol–water partition coefficient (Wildman–Crippen LogP) is 3.32. The summed E-state index contributed by atoms with van der Waals surface area (Å²) in [6, 6.07) is 7.39. The molecule has 0 saturated carbocycles. The molecule has 96 valence electrons. The number of amides is 1. The quantitative estimate of drug-likeness (QED) is 0.802. The summed E-state index contributed by atoms with van der Waals surface area (Å²) < 4.78 is 4.87. The second kappa shape index (κ2) is 5.38. The van der Waals surface area contributed by atoms with E-state index in [-0.39, 0.29) is 17.7 Å². The molecule has 19 heavy (non-hydrogen) atoms. The lowest BCUT2D eigenvalue weighted by atomic mass is 10.1. The van der Waals surface area contributed by atoms with Crippen molar-refractivity contribution in [2.75, 3.05) is 0 Å². The van der Waals surface area contributed by atoms with Crippen LogP contribution in [0.1, 0.15) is 27.0 Å². The highest BCUT2D eigenvalue weighted by Gasteiger charge is 2.20. The van der Waals surface area contributed by atoms with Crippen LogP contribution >= 0.6 is 22.7 Å². The van der Waals surface area contributed by atoms with Crippen LogP contribution in [-0.4, -0.2) is 11.1 Å². The molecule has 1 unspecified atom stereocenters. The van der Waals surface area contributed by atoms with Gasteiger partial charge >= 0.3 is 0 Å². The Kier molecular flexibility index (Phi) is 3.43. The number of carbonyl (C=O) groups excluding carboxylic acids is 1. The number of rotatable bonds is 4. The Bertz CT molecular complexity index is 596. The Morgan fingerprint density at radius 2 is 2.26 bits per heavy atom. The molecule has 6 heteroatoms. The lowest BCUT2D eigenvalue weighted by Crippen LogP contribution is -2.28. The van der Waals surface area contributed by atoms with Crippen molar-refractivity contribution < 1.29 is 9.32 Å².